The van der Waals surface area contributed by atoms with E-state index in [1.807, 2.05) is 6.92 Å². The average Bonchev–Trinajstić information content (AvgIpc) is 3.61. The number of anilines is 1. The second-order valence-electron chi connectivity index (χ2n) is 11.9. The van der Waals surface area contributed by atoms with Crippen molar-refractivity contribution >= 4 is 27.5 Å². The molecule has 0 radical (unpaired) electrons. The lowest BCUT2D eigenvalue weighted by atomic mass is 9.95. The molecule has 44 heavy (non-hydrogen) atoms. The van der Waals surface area contributed by atoms with Gasteiger partial charge in [0.25, 0.3) is 0 Å². The van der Waals surface area contributed by atoms with E-state index in [0.717, 1.165) is 38.8 Å². The first kappa shape index (κ1) is 28.6. The number of fused-ring (bicyclic) bond motifs is 3. The number of terminal acetylenes is 1. The van der Waals surface area contributed by atoms with Crippen molar-refractivity contribution < 1.29 is 23.0 Å². The number of aryl methyl sites for hydroxylation is 1. The Morgan fingerprint density at radius 1 is 1.11 bits per heavy atom. The van der Waals surface area contributed by atoms with Gasteiger partial charge in [-0.3, -0.25) is 10.2 Å². The minimum atomic E-state index is -1.29. The van der Waals surface area contributed by atoms with Crippen molar-refractivity contribution in [3.8, 4) is 35.4 Å². The van der Waals surface area contributed by atoms with Gasteiger partial charge in [-0.1, -0.05) is 18.9 Å². The van der Waals surface area contributed by atoms with Crippen LogP contribution in [0.1, 0.15) is 43.9 Å². The lowest BCUT2D eigenvalue weighted by molar-refractivity contribution is 0.108. The Balaban J connectivity index is 1.44. The molecule has 2 aromatic carbocycles. The van der Waals surface area contributed by atoms with Crippen LogP contribution in [0.2, 0.25) is 0 Å². The maximum atomic E-state index is 16.9. The Morgan fingerprint density at radius 3 is 2.64 bits per heavy atom. The van der Waals surface area contributed by atoms with Crippen molar-refractivity contribution in [1.29, 1.82) is 0 Å². The highest BCUT2D eigenvalue weighted by Crippen LogP contribution is 2.42. The molecule has 1 atom stereocenters. The van der Waals surface area contributed by atoms with Gasteiger partial charge in [0, 0.05) is 24.0 Å². The zero-order valence-electron chi connectivity index (χ0n) is 24.5. The summed E-state index contributed by atoms with van der Waals surface area (Å²) in [4.78, 5) is 18.3. The number of aromatic hydroxyl groups is 1. The minimum absolute atomic E-state index is 0.00351. The molecule has 5 heterocycles. The number of hydrogen-bond acceptors (Lipinski definition) is 8. The topological polar surface area (TPSA) is 86.6 Å². The quantitative estimate of drug-likeness (QED) is 0.233. The lowest BCUT2D eigenvalue weighted by Gasteiger charge is -2.33. The Morgan fingerprint density at radius 2 is 1.91 bits per heavy atom. The van der Waals surface area contributed by atoms with Gasteiger partial charge < -0.3 is 14.7 Å². The second kappa shape index (κ2) is 11.1. The molecule has 3 saturated heterocycles. The van der Waals surface area contributed by atoms with E-state index in [1.54, 1.807) is 4.90 Å². The number of halogens is 3. The van der Waals surface area contributed by atoms with Crippen LogP contribution in [0.5, 0.6) is 11.8 Å². The largest absolute Gasteiger partial charge is 0.508 e. The molecule has 0 saturated carbocycles. The molecule has 2 N–H and O–H groups in total. The molecule has 0 amide bonds. The Kier molecular flexibility index (Phi) is 7.22. The number of alkyl halides is 1. The summed E-state index contributed by atoms with van der Waals surface area (Å²) in [6.07, 6.45) is 8.97. The van der Waals surface area contributed by atoms with Crippen molar-refractivity contribution in [1.82, 2.24) is 25.2 Å². The summed E-state index contributed by atoms with van der Waals surface area (Å²) < 4.78 is 52.6. The lowest BCUT2D eigenvalue weighted by Crippen LogP contribution is -2.49. The molecule has 3 fully saturated rings. The zero-order valence-corrected chi connectivity index (χ0v) is 24.5. The van der Waals surface area contributed by atoms with E-state index in [4.69, 9.17) is 21.1 Å². The minimum Gasteiger partial charge on any atom is -0.508 e. The first-order chi connectivity index (χ1) is 21.3. The summed E-state index contributed by atoms with van der Waals surface area (Å²) in [5.41, 5.74) is 0.289. The number of piperazine rings is 1. The third kappa shape index (κ3) is 4.68. The second-order valence-corrected chi connectivity index (χ2v) is 11.9. The number of phenols is 1. The van der Waals surface area contributed by atoms with E-state index >= 15 is 4.39 Å². The number of benzene rings is 2. The molecule has 0 aliphatic carbocycles. The molecule has 3 aliphatic rings. The number of nitrogens with zero attached hydrogens (tertiary/aromatic N) is 5. The van der Waals surface area contributed by atoms with Crippen LogP contribution in [-0.2, 0) is 6.42 Å². The third-order valence-corrected chi connectivity index (χ3v) is 9.32. The SMILES string of the molecule is C#Cc1c(F)ccc2cc(O)cc(-c3nc(CC)c4c(N5CCNC(F)C5)nc(OCC56CCCN5CCC6)nc4c3F)c12. The number of pyridine rings is 1. The number of phenolic OH excluding ortho intramolecular Hbond substituents is 1. The van der Waals surface area contributed by atoms with E-state index in [-0.39, 0.29) is 51.6 Å². The van der Waals surface area contributed by atoms with Crippen LogP contribution in [0.4, 0.5) is 19.0 Å². The van der Waals surface area contributed by atoms with Crippen molar-refractivity contribution in [3.63, 3.8) is 0 Å². The maximum Gasteiger partial charge on any atom is 0.319 e. The zero-order chi connectivity index (χ0) is 30.6. The molecule has 228 valence electrons. The molecule has 2 aromatic heterocycles. The van der Waals surface area contributed by atoms with Crippen molar-refractivity contribution in [2.24, 2.45) is 0 Å². The molecule has 11 heteroatoms. The third-order valence-electron chi connectivity index (χ3n) is 9.32. The number of rotatable bonds is 6. The van der Waals surface area contributed by atoms with Gasteiger partial charge in [0.1, 0.15) is 35.2 Å². The Hall–Kier alpha value is -4.14. The van der Waals surface area contributed by atoms with Crippen LogP contribution in [0.3, 0.4) is 0 Å². The first-order valence-corrected chi connectivity index (χ1v) is 15.1. The summed E-state index contributed by atoms with van der Waals surface area (Å²) in [5.74, 6) is 1.14. The van der Waals surface area contributed by atoms with Crippen LogP contribution in [0, 0.1) is 24.0 Å². The number of nitrogens with one attached hydrogen (secondary N) is 1. The van der Waals surface area contributed by atoms with E-state index < -0.39 is 17.9 Å². The fraction of sp³-hybridized carbons (Fsp3) is 0.424. The van der Waals surface area contributed by atoms with E-state index in [2.05, 4.69) is 21.1 Å². The summed E-state index contributed by atoms with van der Waals surface area (Å²) in [6, 6.07) is 5.47. The molecular formula is C33H33F3N6O2. The van der Waals surface area contributed by atoms with E-state index in [1.165, 1.54) is 24.3 Å². The fourth-order valence-electron chi connectivity index (χ4n) is 7.24. The first-order valence-electron chi connectivity index (χ1n) is 15.1. The Bertz CT molecular complexity index is 1820. The number of hydrogen-bond donors (Lipinski definition) is 2. The maximum absolute atomic E-state index is 16.9. The molecule has 0 bridgehead atoms. The molecule has 7 rings (SSSR count). The number of aromatic nitrogens is 3. The summed E-state index contributed by atoms with van der Waals surface area (Å²) >= 11 is 0. The van der Waals surface area contributed by atoms with E-state index in [0.29, 0.717) is 48.4 Å². The highest BCUT2D eigenvalue weighted by atomic mass is 19.1. The van der Waals surface area contributed by atoms with Gasteiger partial charge >= 0.3 is 6.01 Å². The predicted octanol–water partition coefficient (Wildman–Crippen LogP) is 5.08. The molecule has 1 unspecified atom stereocenters. The summed E-state index contributed by atoms with van der Waals surface area (Å²) in [5, 5.41) is 14.4. The van der Waals surface area contributed by atoms with Crippen molar-refractivity contribution in [2.75, 3.05) is 44.2 Å². The molecule has 0 spiro atoms. The standard InChI is InChI=1S/C33H33F3N6O2/c1-3-21-23(34)8-7-19-15-20(43)16-22(26(19)21)29-28(36)30-27(24(4-2)38-29)31(41-14-11-37-25(35)17-41)40-32(39-30)44-18-33-9-5-12-42(33)13-6-10-33/h1,7-8,15-16,25,37,43H,4-6,9-14,17-18H2,2H3. The van der Waals surface area contributed by atoms with Crippen LogP contribution in [-0.4, -0.2) is 76.1 Å². The van der Waals surface area contributed by atoms with Crippen LogP contribution < -0.4 is 15.0 Å². The molecule has 4 aromatic rings. The molecule has 8 nitrogen and oxygen atoms in total. The van der Waals surface area contributed by atoms with Gasteiger partial charge in [-0.25, -0.2) is 18.2 Å². The highest BCUT2D eigenvalue weighted by molar-refractivity contribution is 6.03. The normalized spacial score (nSPS) is 19.9. The van der Waals surface area contributed by atoms with E-state index in [9.17, 15) is 13.9 Å². The van der Waals surface area contributed by atoms with Gasteiger partial charge in [-0.2, -0.15) is 9.97 Å². The van der Waals surface area contributed by atoms with Crippen LogP contribution in [0.15, 0.2) is 24.3 Å². The van der Waals surface area contributed by atoms with Gasteiger partial charge in [0.2, 0.25) is 0 Å². The summed E-state index contributed by atoms with van der Waals surface area (Å²) in [6.45, 7) is 5.12. The highest BCUT2D eigenvalue weighted by Gasteiger charge is 2.45. The van der Waals surface area contributed by atoms with Gasteiger partial charge in [-0.15, -0.1) is 6.42 Å². The Labute approximate surface area is 253 Å². The van der Waals surface area contributed by atoms with Gasteiger partial charge in [0.15, 0.2) is 12.1 Å². The molecular weight excluding hydrogens is 569 g/mol. The molecule has 3 aliphatic heterocycles. The van der Waals surface area contributed by atoms with Crippen molar-refractivity contribution in [3.05, 3.63) is 47.2 Å². The fourth-order valence-corrected chi connectivity index (χ4v) is 7.24. The average molecular weight is 603 g/mol. The monoisotopic (exact) mass is 602 g/mol. The predicted molar refractivity (Wildman–Crippen MR) is 163 cm³/mol. The smallest absolute Gasteiger partial charge is 0.319 e. The van der Waals surface area contributed by atoms with Crippen molar-refractivity contribution in [2.45, 2.75) is 50.9 Å². The number of ether oxygens (including phenoxy) is 1. The van der Waals surface area contributed by atoms with Gasteiger partial charge in [-0.05, 0) is 68.8 Å². The van der Waals surface area contributed by atoms with Gasteiger partial charge in [0.05, 0.1) is 28.7 Å². The van der Waals surface area contributed by atoms with Crippen LogP contribution in [0.25, 0.3) is 32.9 Å². The van der Waals surface area contributed by atoms with Crippen LogP contribution >= 0.6 is 0 Å². The summed E-state index contributed by atoms with van der Waals surface area (Å²) in [7, 11) is 0.